The van der Waals surface area contributed by atoms with Crippen LogP contribution in [0.15, 0.2) is 51.7 Å². The third-order valence-corrected chi connectivity index (χ3v) is 5.10. The number of methoxy groups -OCH3 is 1. The van der Waals surface area contributed by atoms with E-state index in [1.165, 1.54) is 11.7 Å². The molecule has 2 aromatic carbocycles. The molecule has 1 N–H and O–H groups in total. The Kier molecular flexibility index (Phi) is 4.84. The lowest BCUT2D eigenvalue weighted by Gasteiger charge is -2.20. The molecule has 8 nitrogen and oxygen atoms in total. The SMILES string of the molecule is COc1cc(NC(=O)[C@H](C)n2c(=O)oc3ccccc32)ccc1N1CCCC1=O. The predicted octanol–water partition coefficient (Wildman–Crippen LogP) is 2.93. The van der Waals surface area contributed by atoms with Crippen molar-refractivity contribution in [1.29, 1.82) is 0 Å². The molecule has 4 rings (SSSR count). The van der Waals surface area contributed by atoms with Crippen LogP contribution in [0.3, 0.4) is 0 Å². The van der Waals surface area contributed by atoms with Crippen LogP contribution in [0.5, 0.6) is 5.75 Å². The van der Waals surface area contributed by atoms with Gasteiger partial charge < -0.3 is 19.4 Å². The Morgan fingerprint density at radius 3 is 2.72 bits per heavy atom. The summed E-state index contributed by atoms with van der Waals surface area (Å²) in [6, 6.07) is 11.3. The maximum atomic E-state index is 12.8. The number of hydrogen-bond acceptors (Lipinski definition) is 5. The van der Waals surface area contributed by atoms with Gasteiger partial charge in [0.15, 0.2) is 5.58 Å². The summed E-state index contributed by atoms with van der Waals surface area (Å²) in [4.78, 5) is 38.7. The van der Waals surface area contributed by atoms with E-state index < -0.39 is 11.8 Å². The molecule has 1 aliphatic heterocycles. The van der Waals surface area contributed by atoms with E-state index in [-0.39, 0.29) is 11.8 Å². The summed E-state index contributed by atoms with van der Waals surface area (Å²) < 4.78 is 12.0. The fraction of sp³-hybridized carbons (Fsp3) is 0.286. The number of carbonyl (C=O) groups is 2. The summed E-state index contributed by atoms with van der Waals surface area (Å²) in [6.07, 6.45) is 1.33. The van der Waals surface area contributed by atoms with Gasteiger partial charge >= 0.3 is 5.76 Å². The van der Waals surface area contributed by atoms with Crippen LogP contribution in [0, 0.1) is 0 Å². The molecule has 1 saturated heterocycles. The number of benzene rings is 2. The molecular formula is C21H21N3O5. The average molecular weight is 395 g/mol. The topological polar surface area (TPSA) is 93.8 Å². The van der Waals surface area contributed by atoms with Gasteiger partial charge in [0.05, 0.1) is 18.3 Å². The zero-order valence-corrected chi connectivity index (χ0v) is 16.2. The third-order valence-electron chi connectivity index (χ3n) is 5.10. The second-order valence-corrected chi connectivity index (χ2v) is 6.91. The Balaban J connectivity index is 1.58. The number of para-hydroxylation sites is 2. The minimum Gasteiger partial charge on any atom is -0.494 e. The van der Waals surface area contributed by atoms with E-state index in [1.807, 2.05) is 0 Å². The maximum absolute atomic E-state index is 12.8. The summed E-state index contributed by atoms with van der Waals surface area (Å²) in [6.45, 7) is 2.28. The van der Waals surface area contributed by atoms with E-state index >= 15 is 0 Å². The first-order valence-electron chi connectivity index (χ1n) is 9.39. The molecular weight excluding hydrogens is 374 g/mol. The lowest BCUT2D eigenvalue weighted by Crippen LogP contribution is -2.29. The van der Waals surface area contributed by atoms with Crippen molar-refractivity contribution < 1.29 is 18.7 Å². The number of nitrogens with one attached hydrogen (secondary N) is 1. The van der Waals surface area contributed by atoms with Gasteiger partial charge in [-0.25, -0.2) is 4.79 Å². The van der Waals surface area contributed by atoms with Crippen LogP contribution in [-0.4, -0.2) is 30.0 Å². The monoisotopic (exact) mass is 395 g/mol. The number of nitrogens with zero attached hydrogens (tertiary/aromatic N) is 2. The molecule has 0 unspecified atom stereocenters. The standard InChI is InChI=1S/C21H21N3O5/c1-13(24-16-6-3-4-7-17(16)29-21(24)27)20(26)22-14-9-10-15(18(12-14)28-2)23-11-5-8-19(23)25/h3-4,6-7,9-10,12-13H,5,8,11H2,1-2H3,(H,22,26)/t13-/m0/s1. The summed E-state index contributed by atoms with van der Waals surface area (Å²) in [5.41, 5.74) is 2.17. The maximum Gasteiger partial charge on any atom is 0.420 e. The van der Waals surface area contributed by atoms with Gasteiger partial charge in [-0.15, -0.1) is 0 Å². The van der Waals surface area contributed by atoms with Gasteiger partial charge in [0.1, 0.15) is 11.8 Å². The second-order valence-electron chi connectivity index (χ2n) is 6.91. The van der Waals surface area contributed by atoms with Crippen LogP contribution < -0.4 is 20.7 Å². The van der Waals surface area contributed by atoms with Crippen LogP contribution in [0.25, 0.3) is 11.1 Å². The van der Waals surface area contributed by atoms with Gasteiger partial charge in [-0.05, 0) is 37.6 Å². The van der Waals surface area contributed by atoms with E-state index in [0.29, 0.717) is 41.2 Å². The zero-order valence-electron chi connectivity index (χ0n) is 16.2. The van der Waals surface area contributed by atoms with Crippen molar-refractivity contribution in [2.75, 3.05) is 23.9 Å². The number of aromatic nitrogens is 1. The van der Waals surface area contributed by atoms with Gasteiger partial charge in [0.25, 0.3) is 0 Å². The first-order chi connectivity index (χ1) is 14.0. The molecule has 1 aliphatic rings. The van der Waals surface area contributed by atoms with Gasteiger partial charge in [-0.1, -0.05) is 12.1 Å². The Morgan fingerprint density at radius 2 is 2.00 bits per heavy atom. The van der Waals surface area contributed by atoms with Crippen molar-refractivity contribution in [3.63, 3.8) is 0 Å². The predicted molar refractivity (Wildman–Crippen MR) is 108 cm³/mol. The first kappa shape index (κ1) is 18.8. The van der Waals surface area contributed by atoms with Crippen molar-refractivity contribution in [3.05, 3.63) is 53.0 Å². The minimum absolute atomic E-state index is 0.0555. The van der Waals surface area contributed by atoms with Crippen molar-refractivity contribution in [2.45, 2.75) is 25.8 Å². The highest BCUT2D eigenvalue weighted by Crippen LogP contribution is 2.34. The highest BCUT2D eigenvalue weighted by Gasteiger charge is 2.25. The molecule has 1 aromatic heterocycles. The molecule has 1 atom stereocenters. The van der Waals surface area contributed by atoms with Crippen LogP contribution in [0.1, 0.15) is 25.8 Å². The van der Waals surface area contributed by atoms with Gasteiger partial charge in [0, 0.05) is 24.7 Å². The molecule has 8 heteroatoms. The summed E-state index contributed by atoms with van der Waals surface area (Å²) in [5, 5.41) is 2.80. The fourth-order valence-corrected chi connectivity index (χ4v) is 3.60. The Morgan fingerprint density at radius 1 is 1.21 bits per heavy atom. The molecule has 29 heavy (non-hydrogen) atoms. The number of anilines is 2. The molecule has 0 bridgehead atoms. The van der Waals surface area contributed by atoms with Crippen molar-refractivity contribution in [2.24, 2.45) is 0 Å². The molecule has 1 fully saturated rings. The van der Waals surface area contributed by atoms with Gasteiger partial charge in [-0.3, -0.25) is 14.2 Å². The highest BCUT2D eigenvalue weighted by atomic mass is 16.5. The quantitative estimate of drug-likeness (QED) is 0.717. The number of rotatable bonds is 5. The van der Waals surface area contributed by atoms with Crippen molar-refractivity contribution in [3.8, 4) is 5.75 Å². The number of hydrogen-bond donors (Lipinski definition) is 1. The van der Waals surface area contributed by atoms with E-state index in [2.05, 4.69) is 5.32 Å². The van der Waals surface area contributed by atoms with Crippen LogP contribution in [-0.2, 0) is 9.59 Å². The average Bonchev–Trinajstić information content (AvgIpc) is 3.29. The number of fused-ring (bicyclic) bond motifs is 1. The number of carbonyl (C=O) groups excluding carboxylic acids is 2. The first-order valence-corrected chi connectivity index (χ1v) is 9.39. The Labute approximate surface area is 166 Å². The minimum atomic E-state index is -0.781. The molecule has 0 saturated carbocycles. The summed E-state index contributed by atoms with van der Waals surface area (Å²) >= 11 is 0. The summed E-state index contributed by atoms with van der Waals surface area (Å²) in [7, 11) is 1.52. The van der Waals surface area contributed by atoms with E-state index in [4.69, 9.17) is 9.15 Å². The Bertz CT molecular complexity index is 1150. The molecule has 3 aromatic rings. The Hall–Kier alpha value is -3.55. The van der Waals surface area contributed by atoms with E-state index in [9.17, 15) is 14.4 Å². The highest BCUT2D eigenvalue weighted by molar-refractivity contribution is 5.98. The van der Waals surface area contributed by atoms with Crippen LogP contribution in [0.4, 0.5) is 11.4 Å². The van der Waals surface area contributed by atoms with Gasteiger partial charge in [-0.2, -0.15) is 0 Å². The molecule has 150 valence electrons. The van der Waals surface area contributed by atoms with E-state index in [1.54, 1.807) is 54.3 Å². The smallest absolute Gasteiger partial charge is 0.420 e. The number of ether oxygens (including phenoxy) is 1. The molecule has 2 heterocycles. The van der Waals surface area contributed by atoms with E-state index in [0.717, 1.165) is 6.42 Å². The molecule has 0 aliphatic carbocycles. The zero-order chi connectivity index (χ0) is 20.5. The largest absolute Gasteiger partial charge is 0.494 e. The third kappa shape index (κ3) is 3.37. The lowest BCUT2D eigenvalue weighted by molar-refractivity contribution is -0.119. The fourth-order valence-electron chi connectivity index (χ4n) is 3.60. The normalized spacial score (nSPS) is 15.0. The van der Waals surface area contributed by atoms with Crippen molar-refractivity contribution in [1.82, 2.24) is 4.57 Å². The van der Waals surface area contributed by atoms with Crippen molar-refractivity contribution >= 4 is 34.3 Å². The lowest BCUT2D eigenvalue weighted by atomic mass is 10.2. The van der Waals surface area contributed by atoms with Gasteiger partial charge in [0.2, 0.25) is 11.8 Å². The number of amides is 2. The molecule has 0 radical (unpaired) electrons. The van der Waals surface area contributed by atoms with Crippen LogP contribution >= 0.6 is 0 Å². The second kappa shape index (κ2) is 7.46. The van der Waals surface area contributed by atoms with Crippen LogP contribution in [0.2, 0.25) is 0 Å². The molecule has 0 spiro atoms. The number of oxazole rings is 1. The molecule has 2 amide bonds. The summed E-state index contributed by atoms with van der Waals surface area (Å²) in [5.74, 6) is -0.406.